The Morgan fingerprint density at radius 3 is 2.78 bits per heavy atom. The number of rotatable bonds is 2. The lowest BCUT2D eigenvalue weighted by Crippen LogP contribution is -2.27. The molecule has 3 rings (SSSR count). The first-order valence-corrected chi connectivity index (χ1v) is 6.11. The quantitative estimate of drug-likeness (QED) is 0.879. The van der Waals surface area contributed by atoms with Crippen molar-refractivity contribution in [2.24, 2.45) is 0 Å². The number of piperidine rings is 1. The molecule has 0 bridgehead atoms. The average Bonchev–Trinajstić information content (AvgIpc) is 2.82. The summed E-state index contributed by atoms with van der Waals surface area (Å²) in [5, 5.41) is 3.37. The molecule has 1 aliphatic heterocycles. The topological polar surface area (TPSA) is 49.9 Å². The highest BCUT2D eigenvalue weighted by molar-refractivity contribution is 5.85. The Hall–Kier alpha value is -1.26. The molecule has 18 heavy (non-hydrogen) atoms. The molecule has 1 saturated heterocycles. The fourth-order valence-electron chi connectivity index (χ4n) is 2.42. The standard InChI is InChI=1S/C13H17N3O.ClH/c1-17-10-2-3-11-12(8-10)16-13(15-11)9-4-6-14-7-5-9;/h2-3,8-9,14H,4-7H2,1H3,(H,15,16);1H. The smallest absolute Gasteiger partial charge is 0.121 e. The molecule has 1 fully saturated rings. The number of ether oxygens (including phenoxy) is 1. The second-order valence-electron chi connectivity index (χ2n) is 4.53. The van der Waals surface area contributed by atoms with Gasteiger partial charge in [0.25, 0.3) is 0 Å². The molecule has 0 atom stereocenters. The van der Waals surface area contributed by atoms with Crippen LogP contribution in [0.5, 0.6) is 5.75 Å². The second-order valence-corrected chi connectivity index (χ2v) is 4.53. The highest BCUT2D eigenvalue weighted by atomic mass is 35.5. The molecule has 0 spiro atoms. The molecule has 0 aliphatic carbocycles. The lowest BCUT2D eigenvalue weighted by molar-refractivity contribution is 0.415. The van der Waals surface area contributed by atoms with Gasteiger partial charge in [-0.15, -0.1) is 12.4 Å². The van der Waals surface area contributed by atoms with Gasteiger partial charge in [-0.3, -0.25) is 0 Å². The van der Waals surface area contributed by atoms with Crippen molar-refractivity contribution in [1.82, 2.24) is 15.3 Å². The number of methoxy groups -OCH3 is 1. The number of nitrogens with zero attached hydrogens (tertiary/aromatic N) is 1. The van der Waals surface area contributed by atoms with E-state index in [0.29, 0.717) is 5.92 Å². The summed E-state index contributed by atoms with van der Waals surface area (Å²) in [5.74, 6) is 2.56. The minimum Gasteiger partial charge on any atom is -0.497 e. The normalized spacial score (nSPS) is 16.5. The average molecular weight is 268 g/mol. The van der Waals surface area contributed by atoms with Crippen LogP contribution in [0.15, 0.2) is 18.2 Å². The maximum Gasteiger partial charge on any atom is 0.121 e. The Balaban J connectivity index is 0.00000120. The van der Waals surface area contributed by atoms with Gasteiger partial charge in [0.15, 0.2) is 0 Å². The number of benzene rings is 1. The van der Waals surface area contributed by atoms with Gasteiger partial charge in [-0.05, 0) is 38.1 Å². The number of hydrogen-bond acceptors (Lipinski definition) is 3. The van der Waals surface area contributed by atoms with Gasteiger partial charge < -0.3 is 15.0 Å². The summed E-state index contributed by atoms with van der Waals surface area (Å²) in [6, 6.07) is 5.97. The van der Waals surface area contributed by atoms with E-state index in [4.69, 9.17) is 4.74 Å². The SMILES string of the molecule is COc1ccc2nc(C3CCNCC3)[nH]c2c1.Cl. The zero-order valence-corrected chi connectivity index (χ0v) is 11.2. The fourth-order valence-corrected chi connectivity index (χ4v) is 2.42. The molecule has 0 radical (unpaired) electrons. The van der Waals surface area contributed by atoms with E-state index < -0.39 is 0 Å². The Bertz CT molecular complexity index is 520. The summed E-state index contributed by atoms with van der Waals surface area (Å²) in [4.78, 5) is 8.09. The van der Waals surface area contributed by atoms with Crippen molar-refractivity contribution in [3.63, 3.8) is 0 Å². The van der Waals surface area contributed by atoms with Gasteiger partial charge in [-0.1, -0.05) is 0 Å². The molecular weight excluding hydrogens is 250 g/mol. The van der Waals surface area contributed by atoms with Crippen molar-refractivity contribution in [2.75, 3.05) is 20.2 Å². The van der Waals surface area contributed by atoms with Crippen LogP contribution in [-0.4, -0.2) is 30.2 Å². The number of aromatic amines is 1. The molecule has 0 saturated carbocycles. The summed E-state index contributed by atoms with van der Waals surface area (Å²) in [6.45, 7) is 2.18. The molecule has 98 valence electrons. The van der Waals surface area contributed by atoms with E-state index in [1.165, 1.54) is 0 Å². The number of aromatic nitrogens is 2. The number of nitrogens with one attached hydrogen (secondary N) is 2. The highest BCUT2D eigenvalue weighted by Crippen LogP contribution is 2.26. The molecule has 1 aromatic carbocycles. The molecule has 2 heterocycles. The highest BCUT2D eigenvalue weighted by Gasteiger charge is 2.18. The summed E-state index contributed by atoms with van der Waals surface area (Å²) >= 11 is 0. The van der Waals surface area contributed by atoms with E-state index in [9.17, 15) is 0 Å². The van der Waals surface area contributed by atoms with E-state index >= 15 is 0 Å². The molecule has 1 aliphatic rings. The number of hydrogen-bond donors (Lipinski definition) is 2. The zero-order valence-electron chi connectivity index (χ0n) is 10.4. The van der Waals surface area contributed by atoms with Gasteiger partial charge in [-0.25, -0.2) is 4.98 Å². The minimum absolute atomic E-state index is 0. The number of fused-ring (bicyclic) bond motifs is 1. The summed E-state index contributed by atoms with van der Waals surface area (Å²) in [5.41, 5.74) is 2.09. The van der Waals surface area contributed by atoms with Crippen molar-refractivity contribution in [2.45, 2.75) is 18.8 Å². The van der Waals surface area contributed by atoms with E-state index in [0.717, 1.165) is 48.5 Å². The van der Waals surface area contributed by atoms with Crippen LogP contribution < -0.4 is 10.1 Å². The van der Waals surface area contributed by atoms with Crippen molar-refractivity contribution < 1.29 is 4.74 Å². The van der Waals surface area contributed by atoms with Gasteiger partial charge in [0, 0.05) is 12.0 Å². The maximum atomic E-state index is 5.22. The third-order valence-electron chi connectivity index (χ3n) is 3.43. The van der Waals surface area contributed by atoms with Crippen LogP contribution >= 0.6 is 12.4 Å². The molecule has 5 heteroatoms. The lowest BCUT2D eigenvalue weighted by Gasteiger charge is -2.20. The Kier molecular flexibility index (Phi) is 4.09. The molecule has 1 aromatic heterocycles. The van der Waals surface area contributed by atoms with Crippen molar-refractivity contribution in [3.8, 4) is 5.75 Å². The number of H-pyrrole nitrogens is 1. The Morgan fingerprint density at radius 2 is 2.06 bits per heavy atom. The van der Waals surface area contributed by atoms with E-state index in [1.807, 2.05) is 18.2 Å². The molecule has 4 nitrogen and oxygen atoms in total. The summed E-state index contributed by atoms with van der Waals surface area (Å²) < 4.78 is 5.22. The van der Waals surface area contributed by atoms with Gasteiger partial charge in [0.1, 0.15) is 11.6 Å². The molecule has 2 N–H and O–H groups in total. The van der Waals surface area contributed by atoms with Crippen LogP contribution in [0, 0.1) is 0 Å². The largest absolute Gasteiger partial charge is 0.497 e. The third-order valence-corrected chi connectivity index (χ3v) is 3.43. The Labute approximate surface area is 113 Å². The first kappa shape index (κ1) is 13.2. The number of imidazole rings is 1. The van der Waals surface area contributed by atoms with Gasteiger partial charge in [0.2, 0.25) is 0 Å². The van der Waals surface area contributed by atoms with Crippen molar-refractivity contribution in [3.05, 3.63) is 24.0 Å². The summed E-state index contributed by atoms with van der Waals surface area (Å²) in [7, 11) is 1.69. The zero-order chi connectivity index (χ0) is 11.7. The first-order chi connectivity index (χ1) is 8.36. The van der Waals surface area contributed by atoms with Crippen LogP contribution in [0.3, 0.4) is 0 Å². The fraction of sp³-hybridized carbons (Fsp3) is 0.462. The lowest BCUT2D eigenvalue weighted by atomic mass is 9.98. The first-order valence-electron chi connectivity index (χ1n) is 6.11. The summed E-state index contributed by atoms with van der Waals surface area (Å²) in [6.07, 6.45) is 2.33. The van der Waals surface area contributed by atoms with Crippen LogP contribution in [0.25, 0.3) is 11.0 Å². The van der Waals surface area contributed by atoms with Crippen LogP contribution in [0.1, 0.15) is 24.6 Å². The van der Waals surface area contributed by atoms with E-state index in [-0.39, 0.29) is 12.4 Å². The molecular formula is C13H18ClN3O. The second kappa shape index (κ2) is 5.59. The van der Waals surface area contributed by atoms with Gasteiger partial charge >= 0.3 is 0 Å². The van der Waals surface area contributed by atoms with Crippen molar-refractivity contribution >= 4 is 23.4 Å². The molecule has 2 aromatic rings. The van der Waals surface area contributed by atoms with Crippen molar-refractivity contribution in [1.29, 1.82) is 0 Å². The van der Waals surface area contributed by atoms with Crippen LogP contribution in [-0.2, 0) is 0 Å². The van der Waals surface area contributed by atoms with Crippen LogP contribution in [0.2, 0.25) is 0 Å². The van der Waals surface area contributed by atoms with E-state index in [1.54, 1.807) is 7.11 Å². The predicted octanol–water partition coefficient (Wildman–Crippen LogP) is 2.46. The maximum absolute atomic E-state index is 5.22. The van der Waals surface area contributed by atoms with Crippen LogP contribution in [0.4, 0.5) is 0 Å². The number of halogens is 1. The monoisotopic (exact) mass is 267 g/mol. The Morgan fingerprint density at radius 1 is 1.28 bits per heavy atom. The van der Waals surface area contributed by atoms with Gasteiger partial charge in [-0.2, -0.15) is 0 Å². The molecule has 0 unspecified atom stereocenters. The minimum atomic E-state index is 0. The van der Waals surface area contributed by atoms with Gasteiger partial charge in [0.05, 0.1) is 18.1 Å². The predicted molar refractivity (Wildman–Crippen MR) is 74.7 cm³/mol. The van der Waals surface area contributed by atoms with E-state index in [2.05, 4.69) is 15.3 Å². The molecule has 0 amide bonds. The third kappa shape index (κ3) is 2.44.